The molecule has 1 aliphatic rings. The Bertz CT molecular complexity index is 1250. The average Bonchev–Trinajstić information content (AvgIpc) is 3.14. The summed E-state index contributed by atoms with van der Waals surface area (Å²) in [5.74, 6) is -0.00229. The monoisotopic (exact) mass is 439 g/mol. The molecule has 8 heteroatoms. The molecule has 1 saturated heterocycles. The van der Waals surface area contributed by atoms with Gasteiger partial charge in [0.15, 0.2) is 0 Å². The van der Waals surface area contributed by atoms with Gasteiger partial charge in [0.2, 0.25) is 0 Å². The smallest absolute Gasteiger partial charge is 0.254 e. The van der Waals surface area contributed by atoms with E-state index in [1.807, 2.05) is 58.1 Å². The summed E-state index contributed by atoms with van der Waals surface area (Å²) >= 11 is 12.2. The van der Waals surface area contributed by atoms with Gasteiger partial charge < -0.3 is 9.30 Å². The highest BCUT2D eigenvalue weighted by Gasteiger charge is 2.24. The van der Waals surface area contributed by atoms with Crippen molar-refractivity contribution in [1.82, 2.24) is 24.2 Å². The van der Waals surface area contributed by atoms with Gasteiger partial charge >= 0.3 is 0 Å². The molecule has 152 valence electrons. The number of piperazine rings is 1. The highest BCUT2D eigenvalue weighted by molar-refractivity contribution is 6.30. The number of benzene rings is 1. The number of amides is 1. The number of carbonyl (C=O) groups excluding carboxylic acids is 1. The van der Waals surface area contributed by atoms with Crippen molar-refractivity contribution >= 4 is 45.7 Å². The van der Waals surface area contributed by atoms with Crippen LogP contribution in [-0.4, -0.2) is 56.3 Å². The molecule has 3 aromatic heterocycles. The molecule has 0 atom stereocenters. The number of pyridine rings is 2. The van der Waals surface area contributed by atoms with E-state index in [2.05, 4.69) is 14.9 Å². The number of imidazole rings is 1. The lowest BCUT2D eigenvalue weighted by Crippen LogP contribution is -2.48. The largest absolute Gasteiger partial charge is 0.336 e. The molecule has 0 saturated carbocycles. The lowest BCUT2D eigenvalue weighted by Gasteiger charge is -2.34. The molecule has 4 aromatic rings. The second-order valence-corrected chi connectivity index (χ2v) is 8.25. The van der Waals surface area contributed by atoms with E-state index < -0.39 is 0 Å². The van der Waals surface area contributed by atoms with Crippen LogP contribution in [0, 0.1) is 0 Å². The van der Waals surface area contributed by atoms with Gasteiger partial charge in [0.05, 0.1) is 21.8 Å². The van der Waals surface area contributed by atoms with Crippen molar-refractivity contribution in [1.29, 1.82) is 0 Å². The Morgan fingerprint density at radius 3 is 2.60 bits per heavy atom. The van der Waals surface area contributed by atoms with E-state index in [0.717, 1.165) is 41.9 Å². The minimum Gasteiger partial charge on any atom is -0.336 e. The number of para-hydroxylation sites is 1. The molecule has 5 rings (SSSR count). The van der Waals surface area contributed by atoms with Crippen molar-refractivity contribution in [3.63, 3.8) is 0 Å². The molecule has 4 heterocycles. The first-order valence-corrected chi connectivity index (χ1v) is 10.5. The SMILES string of the molecule is O=C(c1cc(Cl)nc2ccccc12)N1CCN(Cc2cn3cc(Cl)ccc3n2)CC1. The second-order valence-electron chi connectivity index (χ2n) is 7.42. The highest BCUT2D eigenvalue weighted by Crippen LogP contribution is 2.23. The van der Waals surface area contributed by atoms with Crippen LogP contribution in [0.3, 0.4) is 0 Å². The number of fused-ring (bicyclic) bond motifs is 2. The van der Waals surface area contributed by atoms with Crippen molar-refractivity contribution in [2.24, 2.45) is 0 Å². The summed E-state index contributed by atoms with van der Waals surface area (Å²) in [7, 11) is 0. The quantitative estimate of drug-likeness (QED) is 0.450. The predicted molar refractivity (Wildman–Crippen MR) is 118 cm³/mol. The fraction of sp³-hybridized carbons (Fsp3) is 0.227. The summed E-state index contributed by atoms with van der Waals surface area (Å²) in [6, 6.07) is 13.0. The molecule has 0 spiro atoms. The topological polar surface area (TPSA) is 53.7 Å². The molecule has 0 N–H and O–H groups in total. The lowest BCUT2D eigenvalue weighted by atomic mass is 10.1. The highest BCUT2D eigenvalue weighted by atomic mass is 35.5. The second kappa shape index (κ2) is 7.87. The molecule has 0 radical (unpaired) electrons. The molecule has 6 nitrogen and oxygen atoms in total. The first kappa shape index (κ1) is 19.3. The van der Waals surface area contributed by atoms with Crippen molar-refractivity contribution in [2.75, 3.05) is 26.2 Å². The molecular weight excluding hydrogens is 421 g/mol. The van der Waals surface area contributed by atoms with Crippen molar-refractivity contribution in [3.8, 4) is 0 Å². The molecule has 0 bridgehead atoms. The third kappa shape index (κ3) is 3.74. The minimum absolute atomic E-state index is 0.00229. The Kier molecular flexibility index (Phi) is 5.06. The summed E-state index contributed by atoms with van der Waals surface area (Å²) in [6.07, 6.45) is 3.86. The Balaban J connectivity index is 1.28. The average molecular weight is 440 g/mol. The van der Waals surface area contributed by atoms with Crippen LogP contribution in [0.5, 0.6) is 0 Å². The van der Waals surface area contributed by atoms with E-state index in [-0.39, 0.29) is 5.91 Å². The van der Waals surface area contributed by atoms with E-state index in [9.17, 15) is 4.79 Å². The van der Waals surface area contributed by atoms with Gasteiger partial charge in [-0.2, -0.15) is 0 Å². The Morgan fingerprint density at radius 1 is 0.967 bits per heavy atom. The molecule has 1 fully saturated rings. The summed E-state index contributed by atoms with van der Waals surface area (Å²) in [4.78, 5) is 26.3. The van der Waals surface area contributed by atoms with Crippen LogP contribution < -0.4 is 0 Å². The number of hydrogen-bond acceptors (Lipinski definition) is 4. The Hall–Kier alpha value is -2.67. The van der Waals surface area contributed by atoms with Crippen LogP contribution in [0.25, 0.3) is 16.6 Å². The van der Waals surface area contributed by atoms with Gasteiger partial charge in [-0.05, 0) is 24.3 Å². The fourth-order valence-corrected chi connectivity index (χ4v) is 4.29. The van der Waals surface area contributed by atoms with Crippen molar-refractivity contribution in [2.45, 2.75) is 6.54 Å². The van der Waals surface area contributed by atoms with Gasteiger partial charge in [-0.1, -0.05) is 41.4 Å². The van der Waals surface area contributed by atoms with Crippen LogP contribution in [0.15, 0.2) is 54.9 Å². The van der Waals surface area contributed by atoms with Gasteiger partial charge in [-0.25, -0.2) is 9.97 Å². The maximum absolute atomic E-state index is 13.2. The number of hydrogen-bond donors (Lipinski definition) is 0. The molecule has 1 aliphatic heterocycles. The number of rotatable bonds is 3. The van der Waals surface area contributed by atoms with E-state index in [4.69, 9.17) is 23.2 Å². The van der Waals surface area contributed by atoms with E-state index in [1.165, 1.54) is 0 Å². The van der Waals surface area contributed by atoms with Crippen molar-refractivity contribution in [3.05, 3.63) is 76.3 Å². The minimum atomic E-state index is -0.00229. The van der Waals surface area contributed by atoms with E-state index in [1.54, 1.807) is 6.07 Å². The standard InChI is InChI=1S/C22H19Cl2N5O/c23-15-5-6-21-25-16(14-29(21)12-15)13-27-7-9-28(10-8-27)22(30)18-11-20(24)26-19-4-2-1-3-17(18)19/h1-6,11-12,14H,7-10,13H2. The zero-order valence-electron chi connectivity index (χ0n) is 16.1. The summed E-state index contributed by atoms with van der Waals surface area (Å²) in [5, 5.41) is 1.85. The molecule has 0 unspecified atom stereocenters. The molecule has 30 heavy (non-hydrogen) atoms. The van der Waals surface area contributed by atoms with Gasteiger partial charge in [0.1, 0.15) is 10.8 Å². The first-order chi connectivity index (χ1) is 14.6. The normalized spacial score (nSPS) is 15.2. The van der Waals surface area contributed by atoms with Crippen LogP contribution in [0.4, 0.5) is 0 Å². The third-order valence-corrected chi connectivity index (χ3v) is 5.84. The zero-order valence-corrected chi connectivity index (χ0v) is 17.6. The van der Waals surface area contributed by atoms with Crippen LogP contribution in [0.1, 0.15) is 16.1 Å². The van der Waals surface area contributed by atoms with Crippen LogP contribution >= 0.6 is 23.2 Å². The number of halogens is 2. The number of aromatic nitrogens is 3. The Morgan fingerprint density at radius 2 is 1.77 bits per heavy atom. The fourth-order valence-electron chi connectivity index (χ4n) is 3.92. The molecular formula is C22H19Cl2N5O. The van der Waals surface area contributed by atoms with Gasteiger partial charge in [-0.15, -0.1) is 0 Å². The number of nitrogens with zero attached hydrogens (tertiary/aromatic N) is 5. The number of carbonyl (C=O) groups is 1. The predicted octanol–water partition coefficient (Wildman–Crippen LogP) is 4.15. The van der Waals surface area contributed by atoms with Gasteiger partial charge in [0.25, 0.3) is 5.91 Å². The summed E-state index contributed by atoms with van der Waals surface area (Å²) in [6.45, 7) is 3.64. The van der Waals surface area contributed by atoms with E-state index in [0.29, 0.717) is 28.8 Å². The maximum Gasteiger partial charge on any atom is 0.254 e. The lowest BCUT2D eigenvalue weighted by molar-refractivity contribution is 0.0629. The van der Waals surface area contributed by atoms with E-state index >= 15 is 0 Å². The van der Waals surface area contributed by atoms with Crippen LogP contribution in [0.2, 0.25) is 10.2 Å². The van der Waals surface area contributed by atoms with Gasteiger partial charge in [-0.3, -0.25) is 9.69 Å². The summed E-state index contributed by atoms with van der Waals surface area (Å²) in [5.41, 5.74) is 3.21. The summed E-state index contributed by atoms with van der Waals surface area (Å²) < 4.78 is 1.94. The van der Waals surface area contributed by atoms with Crippen LogP contribution in [-0.2, 0) is 6.54 Å². The first-order valence-electron chi connectivity index (χ1n) is 9.77. The molecule has 1 amide bonds. The van der Waals surface area contributed by atoms with Crippen molar-refractivity contribution < 1.29 is 4.79 Å². The molecule has 0 aliphatic carbocycles. The zero-order chi connectivity index (χ0) is 20.7. The van der Waals surface area contributed by atoms with Gasteiger partial charge in [0, 0.05) is 50.5 Å². The maximum atomic E-state index is 13.2. The molecule has 1 aromatic carbocycles. The Labute approximate surface area is 183 Å². The third-order valence-electron chi connectivity index (χ3n) is 5.43.